The molecule has 0 aliphatic carbocycles. The van der Waals surface area contributed by atoms with Crippen molar-refractivity contribution >= 4 is 17.9 Å². The van der Waals surface area contributed by atoms with Crippen molar-refractivity contribution in [3.8, 4) is 5.75 Å². The van der Waals surface area contributed by atoms with Crippen LogP contribution in [0.4, 0.5) is 9.18 Å². The van der Waals surface area contributed by atoms with Crippen molar-refractivity contribution in [2.75, 3.05) is 40.3 Å². The van der Waals surface area contributed by atoms with Crippen LogP contribution >= 0.6 is 0 Å². The number of aromatic amines is 1. The summed E-state index contributed by atoms with van der Waals surface area (Å²) in [6, 6.07) is 4.39. The lowest BCUT2D eigenvalue weighted by molar-refractivity contribution is -0.137. The molecule has 1 unspecified atom stereocenters. The fourth-order valence-electron chi connectivity index (χ4n) is 3.52. The Hall–Kier alpha value is -4.00. The number of nitrogens with zero attached hydrogens (tertiary/aromatic N) is 4. The van der Waals surface area contributed by atoms with Gasteiger partial charge in [0.05, 0.1) is 13.1 Å². The van der Waals surface area contributed by atoms with E-state index in [2.05, 4.69) is 15.3 Å². The standard InChI is InChI=1S/C21H25FN6O6/c1-26(2)11-15(29)28-8-7-27(21(33)34)10-14(28)18-24-16(17(30)20(32)25-18)19(31)23-9-12-3-5-13(22)6-4-12/h3-6,14,30H,7-11H2,1-2H3,(H,23,31)(H,33,34)(H,24,25,32). The lowest BCUT2D eigenvalue weighted by atomic mass is 10.1. The minimum absolute atomic E-state index is 0.0218. The van der Waals surface area contributed by atoms with Gasteiger partial charge < -0.3 is 35.2 Å². The highest BCUT2D eigenvalue weighted by atomic mass is 19.1. The predicted octanol–water partition coefficient (Wildman–Crippen LogP) is -0.0305. The maximum Gasteiger partial charge on any atom is 0.407 e. The first-order valence-electron chi connectivity index (χ1n) is 10.3. The number of carbonyl (C=O) groups is 3. The number of hydrogen-bond donors (Lipinski definition) is 4. The zero-order chi connectivity index (χ0) is 25.0. The Morgan fingerprint density at radius 2 is 1.91 bits per heavy atom. The van der Waals surface area contributed by atoms with Gasteiger partial charge in [0.25, 0.3) is 11.5 Å². The van der Waals surface area contributed by atoms with E-state index in [0.717, 1.165) is 4.90 Å². The molecule has 4 N–H and O–H groups in total. The molecule has 182 valence electrons. The summed E-state index contributed by atoms with van der Waals surface area (Å²) in [4.78, 5) is 59.9. The molecule has 2 heterocycles. The molecule has 12 nitrogen and oxygen atoms in total. The monoisotopic (exact) mass is 476 g/mol. The van der Waals surface area contributed by atoms with Gasteiger partial charge in [0.2, 0.25) is 11.7 Å². The van der Waals surface area contributed by atoms with Gasteiger partial charge in [-0.15, -0.1) is 0 Å². The van der Waals surface area contributed by atoms with Gasteiger partial charge in [-0.25, -0.2) is 14.2 Å². The van der Waals surface area contributed by atoms with E-state index in [1.54, 1.807) is 19.0 Å². The third-order valence-electron chi connectivity index (χ3n) is 5.23. The van der Waals surface area contributed by atoms with Crippen LogP contribution in [0.15, 0.2) is 29.1 Å². The Kier molecular flexibility index (Phi) is 7.46. The van der Waals surface area contributed by atoms with Gasteiger partial charge in [0.15, 0.2) is 5.69 Å². The van der Waals surface area contributed by atoms with Gasteiger partial charge >= 0.3 is 6.09 Å². The molecule has 0 bridgehead atoms. The van der Waals surface area contributed by atoms with Crippen LogP contribution in [0.3, 0.4) is 0 Å². The van der Waals surface area contributed by atoms with Crippen molar-refractivity contribution in [1.29, 1.82) is 0 Å². The molecule has 0 radical (unpaired) electrons. The number of carboxylic acid groups (broad SMARTS) is 1. The second kappa shape index (κ2) is 10.3. The number of amides is 3. The minimum Gasteiger partial charge on any atom is -0.501 e. The second-order valence-electron chi connectivity index (χ2n) is 8.03. The number of aromatic hydroxyl groups is 1. The summed E-state index contributed by atoms with van der Waals surface area (Å²) >= 11 is 0. The highest BCUT2D eigenvalue weighted by Crippen LogP contribution is 2.24. The SMILES string of the molecule is CN(C)CC(=O)N1CCN(C(=O)O)CC1c1nc(C(=O)NCc2ccc(F)cc2)c(O)c(=O)[nH]1. The molecule has 13 heteroatoms. The molecule has 34 heavy (non-hydrogen) atoms. The van der Waals surface area contributed by atoms with Crippen molar-refractivity contribution in [3.63, 3.8) is 0 Å². The Morgan fingerprint density at radius 1 is 1.24 bits per heavy atom. The third kappa shape index (κ3) is 5.67. The van der Waals surface area contributed by atoms with Crippen LogP contribution in [0.5, 0.6) is 5.75 Å². The maximum atomic E-state index is 13.1. The smallest absolute Gasteiger partial charge is 0.407 e. The molecule has 1 saturated heterocycles. The lowest BCUT2D eigenvalue weighted by Gasteiger charge is -2.40. The molecule has 1 aliphatic rings. The van der Waals surface area contributed by atoms with E-state index in [0.29, 0.717) is 5.56 Å². The van der Waals surface area contributed by atoms with Crippen LogP contribution in [0, 0.1) is 5.82 Å². The summed E-state index contributed by atoms with van der Waals surface area (Å²) in [6.07, 6.45) is -1.21. The molecule has 3 amide bonds. The van der Waals surface area contributed by atoms with Crippen LogP contribution in [0.1, 0.15) is 27.9 Å². The summed E-state index contributed by atoms with van der Waals surface area (Å²) < 4.78 is 13.1. The first-order chi connectivity index (χ1) is 16.1. The Labute approximate surface area is 193 Å². The number of piperazine rings is 1. The molecule has 1 aliphatic heterocycles. The number of nitrogens with one attached hydrogen (secondary N) is 2. The van der Waals surface area contributed by atoms with Crippen molar-refractivity contribution in [2.45, 2.75) is 12.6 Å². The summed E-state index contributed by atoms with van der Waals surface area (Å²) in [5, 5.41) is 22.0. The van der Waals surface area contributed by atoms with Gasteiger partial charge in [-0.2, -0.15) is 0 Å². The average molecular weight is 476 g/mol. The van der Waals surface area contributed by atoms with Crippen molar-refractivity contribution in [3.05, 3.63) is 57.5 Å². The quantitative estimate of drug-likeness (QED) is 0.452. The van der Waals surface area contributed by atoms with Crippen LogP contribution in [-0.4, -0.2) is 93.1 Å². The number of aromatic nitrogens is 2. The Balaban J connectivity index is 1.90. The summed E-state index contributed by atoms with van der Waals surface area (Å²) in [7, 11) is 3.40. The molecule has 0 spiro atoms. The van der Waals surface area contributed by atoms with E-state index in [1.807, 2.05) is 0 Å². The summed E-state index contributed by atoms with van der Waals surface area (Å²) in [5.41, 5.74) is -1.01. The van der Waals surface area contributed by atoms with E-state index >= 15 is 0 Å². The highest BCUT2D eigenvalue weighted by molar-refractivity contribution is 5.94. The second-order valence-corrected chi connectivity index (χ2v) is 8.03. The largest absolute Gasteiger partial charge is 0.501 e. The molecule has 1 aromatic carbocycles. The molecule has 0 saturated carbocycles. The fraction of sp³-hybridized carbons (Fsp3) is 0.381. The first kappa shape index (κ1) is 24.6. The average Bonchev–Trinajstić information content (AvgIpc) is 2.79. The maximum absolute atomic E-state index is 13.1. The van der Waals surface area contributed by atoms with E-state index in [-0.39, 0.29) is 44.5 Å². The zero-order valence-corrected chi connectivity index (χ0v) is 18.6. The molecular weight excluding hydrogens is 451 g/mol. The number of likely N-dealkylation sites (N-methyl/N-ethyl adjacent to an activating group) is 1. The lowest BCUT2D eigenvalue weighted by Crippen LogP contribution is -2.54. The topological polar surface area (TPSA) is 159 Å². The van der Waals surface area contributed by atoms with Gasteiger partial charge in [-0.05, 0) is 31.8 Å². The normalized spacial score (nSPS) is 15.9. The number of benzene rings is 1. The summed E-state index contributed by atoms with van der Waals surface area (Å²) in [5.74, 6) is -2.68. The number of hydrogen-bond acceptors (Lipinski definition) is 7. The third-order valence-corrected chi connectivity index (χ3v) is 5.23. The number of H-pyrrole nitrogens is 1. The molecular formula is C21H25FN6O6. The van der Waals surface area contributed by atoms with Crippen LogP contribution in [0.2, 0.25) is 0 Å². The zero-order valence-electron chi connectivity index (χ0n) is 18.6. The highest BCUT2D eigenvalue weighted by Gasteiger charge is 2.36. The van der Waals surface area contributed by atoms with E-state index in [1.165, 1.54) is 29.2 Å². The van der Waals surface area contributed by atoms with E-state index < -0.39 is 40.9 Å². The minimum atomic E-state index is -1.21. The first-order valence-corrected chi connectivity index (χ1v) is 10.3. The molecule has 1 fully saturated rings. The van der Waals surface area contributed by atoms with Crippen LogP contribution in [0.25, 0.3) is 0 Å². The van der Waals surface area contributed by atoms with Crippen molar-refractivity contribution in [2.24, 2.45) is 0 Å². The van der Waals surface area contributed by atoms with Crippen LogP contribution < -0.4 is 10.9 Å². The van der Waals surface area contributed by atoms with Gasteiger partial charge in [-0.1, -0.05) is 12.1 Å². The summed E-state index contributed by atoms with van der Waals surface area (Å²) in [6.45, 7) is -0.0412. The van der Waals surface area contributed by atoms with Crippen molar-refractivity contribution < 1.29 is 29.0 Å². The number of halogens is 1. The number of rotatable bonds is 6. The van der Waals surface area contributed by atoms with Gasteiger partial charge in [0.1, 0.15) is 17.7 Å². The predicted molar refractivity (Wildman–Crippen MR) is 117 cm³/mol. The Bertz CT molecular complexity index is 1140. The van der Waals surface area contributed by atoms with Gasteiger partial charge in [0, 0.05) is 19.6 Å². The van der Waals surface area contributed by atoms with E-state index in [4.69, 9.17) is 0 Å². The fourth-order valence-corrected chi connectivity index (χ4v) is 3.52. The van der Waals surface area contributed by atoms with Gasteiger partial charge in [-0.3, -0.25) is 14.4 Å². The molecule has 1 atom stereocenters. The molecule has 3 rings (SSSR count). The molecule has 2 aromatic rings. The Morgan fingerprint density at radius 3 is 2.53 bits per heavy atom. The van der Waals surface area contributed by atoms with Crippen LogP contribution in [-0.2, 0) is 11.3 Å². The van der Waals surface area contributed by atoms with Crippen molar-refractivity contribution in [1.82, 2.24) is 30.0 Å². The molecule has 1 aromatic heterocycles. The van der Waals surface area contributed by atoms with E-state index in [9.17, 15) is 33.8 Å². The number of carbonyl (C=O) groups excluding carboxylic acids is 2.